The number of carbonyl (C=O) groups excluding carboxylic acids is 1. The van der Waals surface area contributed by atoms with Crippen molar-refractivity contribution in [2.45, 2.75) is 23.1 Å². The highest BCUT2D eigenvalue weighted by Crippen LogP contribution is 2.30. The van der Waals surface area contributed by atoms with Gasteiger partial charge in [0.2, 0.25) is 5.91 Å². The first-order chi connectivity index (χ1) is 19.5. The SMILES string of the molecule is COC1=CC(=Nc2nc3ccccc3nc2NS(=O)(=O)c2cccc(NC(=O)CN(C)CCN(C)C)c2)C(Cl)CC1. The minimum Gasteiger partial charge on any atom is -0.501 e. The van der Waals surface area contributed by atoms with Crippen molar-refractivity contribution in [3.8, 4) is 0 Å². The second kappa shape index (κ2) is 13.4. The molecule has 0 saturated carbocycles. The Bertz CT molecular complexity index is 1580. The molecular weight excluding hydrogens is 566 g/mol. The Labute approximate surface area is 245 Å². The van der Waals surface area contributed by atoms with E-state index < -0.39 is 15.4 Å². The molecular formula is C28H34ClN7O4S. The van der Waals surface area contributed by atoms with E-state index in [0.29, 0.717) is 41.8 Å². The third-order valence-electron chi connectivity index (χ3n) is 6.32. The Kier molecular flexibility index (Phi) is 9.92. The maximum Gasteiger partial charge on any atom is 0.263 e. The number of amides is 1. The molecule has 0 radical (unpaired) electrons. The average molecular weight is 600 g/mol. The second-order valence-electron chi connectivity index (χ2n) is 9.96. The van der Waals surface area contributed by atoms with Gasteiger partial charge in [-0.25, -0.2) is 23.4 Å². The van der Waals surface area contributed by atoms with Gasteiger partial charge >= 0.3 is 0 Å². The van der Waals surface area contributed by atoms with Gasteiger partial charge in [0.1, 0.15) is 0 Å². The minimum absolute atomic E-state index is 0.0463. The van der Waals surface area contributed by atoms with Gasteiger partial charge in [-0.15, -0.1) is 11.6 Å². The van der Waals surface area contributed by atoms with Crippen LogP contribution < -0.4 is 10.0 Å². The number of allylic oxidation sites excluding steroid dienone is 2. The van der Waals surface area contributed by atoms with Gasteiger partial charge in [0.15, 0.2) is 11.6 Å². The lowest BCUT2D eigenvalue weighted by atomic mass is 10.0. The van der Waals surface area contributed by atoms with E-state index in [4.69, 9.17) is 16.3 Å². The Hall–Kier alpha value is -3.58. The summed E-state index contributed by atoms with van der Waals surface area (Å²) < 4.78 is 34.9. The monoisotopic (exact) mass is 599 g/mol. The molecule has 13 heteroatoms. The predicted molar refractivity (Wildman–Crippen MR) is 163 cm³/mol. The Morgan fingerprint density at radius 2 is 1.83 bits per heavy atom. The highest BCUT2D eigenvalue weighted by Gasteiger charge is 2.23. The second-order valence-corrected chi connectivity index (χ2v) is 12.2. The molecule has 0 saturated heterocycles. The molecule has 0 spiro atoms. The largest absolute Gasteiger partial charge is 0.501 e. The Morgan fingerprint density at radius 3 is 2.54 bits per heavy atom. The van der Waals surface area contributed by atoms with E-state index in [0.717, 1.165) is 12.3 Å². The average Bonchev–Trinajstić information content (AvgIpc) is 2.93. The molecule has 0 fully saturated rings. The number of likely N-dealkylation sites (N-methyl/N-ethyl adjacent to an activating group) is 2. The molecule has 1 unspecified atom stereocenters. The first-order valence-electron chi connectivity index (χ1n) is 13.0. The third kappa shape index (κ3) is 8.23. The molecule has 3 aromatic rings. The number of aromatic nitrogens is 2. The molecule has 0 bridgehead atoms. The fourth-order valence-corrected chi connectivity index (χ4v) is 5.36. The van der Waals surface area contributed by atoms with Crippen LogP contribution in [-0.4, -0.2) is 93.1 Å². The summed E-state index contributed by atoms with van der Waals surface area (Å²) in [5.41, 5.74) is 1.90. The van der Waals surface area contributed by atoms with Crippen LogP contribution in [0.3, 0.4) is 0 Å². The van der Waals surface area contributed by atoms with E-state index in [-0.39, 0.29) is 29.0 Å². The molecule has 218 valence electrons. The number of aliphatic imine (C=N–C) groups is 1. The first kappa shape index (κ1) is 30.4. The van der Waals surface area contributed by atoms with Gasteiger partial charge < -0.3 is 15.0 Å². The molecule has 41 heavy (non-hydrogen) atoms. The van der Waals surface area contributed by atoms with Gasteiger partial charge in [-0.3, -0.25) is 14.4 Å². The van der Waals surface area contributed by atoms with Crippen molar-refractivity contribution in [1.82, 2.24) is 19.8 Å². The van der Waals surface area contributed by atoms with Crippen molar-refractivity contribution in [2.24, 2.45) is 4.99 Å². The van der Waals surface area contributed by atoms with Crippen LogP contribution in [0.5, 0.6) is 0 Å². The van der Waals surface area contributed by atoms with Crippen molar-refractivity contribution in [3.05, 3.63) is 60.4 Å². The molecule has 1 aromatic heterocycles. The number of fused-ring (bicyclic) bond motifs is 1. The Morgan fingerprint density at radius 1 is 1.10 bits per heavy atom. The Balaban J connectivity index is 1.61. The molecule has 11 nitrogen and oxygen atoms in total. The van der Waals surface area contributed by atoms with Gasteiger partial charge in [-0.1, -0.05) is 18.2 Å². The number of ether oxygens (including phenoxy) is 1. The number of hydrogen-bond donors (Lipinski definition) is 2. The standard InChI is InChI=1S/C28H34ClN7O4S/c1-35(2)14-15-36(3)18-26(37)30-19-8-7-9-21(16-19)41(38,39)34-28-27(31-23-10-5-6-11-24(23)32-28)33-25-17-20(40-4)12-13-22(25)29/h5-11,16-17,22H,12-15,18H2,1-4H3,(H,30,37)(H,32,34). The van der Waals surface area contributed by atoms with Crippen LogP contribution in [0.15, 0.2) is 70.3 Å². The number of sulfonamides is 1. The summed E-state index contributed by atoms with van der Waals surface area (Å²) >= 11 is 6.52. The van der Waals surface area contributed by atoms with Gasteiger partial charge in [0.05, 0.1) is 46.4 Å². The van der Waals surface area contributed by atoms with Crippen LogP contribution in [-0.2, 0) is 19.6 Å². The number of nitrogens with zero attached hydrogens (tertiary/aromatic N) is 5. The quantitative estimate of drug-likeness (QED) is 0.318. The maximum atomic E-state index is 13.5. The van der Waals surface area contributed by atoms with Gasteiger partial charge in [0.25, 0.3) is 10.0 Å². The van der Waals surface area contributed by atoms with E-state index in [2.05, 4.69) is 25.0 Å². The summed E-state index contributed by atoms with van der Waals surface area (Å²) in [7, 11) is 3.22. The zero-order valence-electron chi connectivity index (χ0n) is 23.5. The topological polar surface area (TPSA) is 129 Å². The van der Waals surface area contributed by atoms with Crippen LogP contribution >= 0.6 is 11.6 Å². The lowest BCUT2D eigenvalue weighted by molar-refractivity contribution is -0.117. The zero-order valence-corrected chi connectivity index (χ0v) is 25.0. The number of para-hydroxylation sites is 2. The normalized spacial score (nSPS) is 16.7. The highest BCUT2D eigenvalue weighted by molar-refractivity contribution is 7.92. The fourth-order valence-electron chi connectivity index (χ4n) is 4.09. The van der Waals surface area contributed by atoms with Crippen LogP contribution in [0.4, 0.5) is 17.3 Å². The zero-order chi connectivity index (χ0) is 29.6. The van der Waals surface area contributed by atoms with E-state index >= 15 is 0 Å². The molecule has 1 heterocycles. The third-order valence-corrected chi connectivity index (χ3v) is 8.10. The van der Waals surface area contributed by atoms with Gasteiger partial charge in [-0.2, -0.15) is 0 Å². The van der Waals surface area contributed by atoms with Gasteiger partial charge in [-0.05, 0) is 64.0 Å². The number of carbonyl (C=O) groups is 1. The summed E-state index contributed by atoms with van der Waals surface area (Å²) in [5.74, 6) is 0.500. The number of anilines is 2. The number of benzene rings is 2. The molecule has 2 N–H and O–H groups in total. The molecule has 1 amide bonds. The molecule has 1 atom stereocenters. The van der Waals surface area contributed by atoms with E-state index in [1.54, 1.807) is 43.5 Å². The highest BCUT2D eigenvalue weighted by atomic mass is 35.5. The molecule has 2 aromatic carbocycles. The number of rotatable bonds is 11. The van der Waals surface area contributed by atoms with E-state index in [1.807, 2.05) is 37.0 Å². The van der Waals surface area contributed by atoms with Crippen molar-refractivity contribution in [1.29, 1.82) is 0 Å². The summed E-state index contributed by atoms with van der Waals surface area (Å²) in [6.07, 6.45) is 3.03. The molecule has 1 aliphatic rings. The van der Waals surface area contributed by atoms with E-state index in [9.17, 15) is 13.2 Å². The summed E-state index contributed by atoms with van der Waals surface area (Å²) in [4.78, 5) is 30.1. The van der Waals surface area contributed by atoms with Crippen molar-refractivity contribution < 1.29 is 17.9 Å². The summed E-state index contributed by atoms with van der Waals surface area (Å²) in [6, 6.07) is 13.1. The van der Waals surface area contributed by atoms with Crippen molar-refractivity contribution in [2.75, 3.05) is 57.9 Å². The maximum absolute atomic E-state index is 13.5. The lowest BCUT2D eigenvalue weighted by Gasteiger charge is -2.19. The van der Waals surface area contributed by atoms with Crippen molar-refractivity contribution >= 4 is 61.6 Å². The molecule has 0 aliphatic heterocycles. The number of halogens is 1. The van der Waals surface area contributed by atoms with Crippen molar-refractivity contribution in [3.63, 3.8) is 0 Å². The fraction of sp³-hybridized carbons (Fsp3) is 0.357. The number of nitrogens with one attached hydrogen (secondary N) is 2. The first-order valence-corrected chi connectivity index (χ1v) is 15.0. The van der Waals surface area contributed by atoms with Crippen LogP contribution in [0.1, 0.15) is 12.8 Å². The number of hydrogen-bond acceptors (Lipinski definition) is 9. The minimum atomic E-state index is -4.14. The lowest BCUT2D eigenvalue weighted by Crippen LogP contribution is -2.34. The smallest absolute Gasteiger partial charge is 0.263 e. The summed E-state index contributed by atoms with van der Waals surface area (Å²) in [5, 5.41) is 2.38. The summed E-state index contributed by atoms with van der Waals surface area (Å²) in [6.45, 7) is 1.69. The predicted octanol–water partition coefficient (Wildman–Crippen LogP) is 3.87. The number of methoxy groups -OCH3 is 1. The number of alkyl halides is 1. The molecule has 4 rings (SSSR count). The van der Waals surface area contributed by atoms with Crippen LogP contribution in [0, 0.1) is 0 Å². The van der Waals surface area contributed by atoms with Crippen LogP contribution in [0.2, 0.25) is 0 Å². The van der Waals surface area contributed by atoms with Gasteiger partial charge in [0, 0.05) is 25.2 Å². The molecule has 1 aliphatic carbocycles. The van der Waals surface area contributed by atoms with E-state index in [1.165, 1.54) is 12.1 Å². The van der Waals surface area contributed by atoms with Crippen LogP contribution in [0.25, 0.3) is 11.0 Å².